The molecular formula is C7H5F3O2S. The quantitative estimate of drug-likeness (QED) is 0.813. The zero-order valence-corrected chi connectivity index (χ0v) is 7.02. The van der Waals surface area contributed by atoms with Crippen LogP contribution in [0.25, 0.3) is 0 Å². The van der Waals surface area contributed by atoms with E-state index in [0.29, 0.717) is 0 Å². The Morgan fingerprint density at radius 3 is 2.15 bits per heavy atom. The second-order valence-electron chi connectivity index (χ2n) is 2.21. The molecule has 0 aliphatic rings. The summed E-state index contributed by atoms with van der Waals surface area (Å²) in [5, 5.41) is 8.44. The first-order valence-corrected chi connectivity index (χ1v) is 4.51. The molecule has 0 spiro atoms. The third-order valence-electron chi connectivity index (χ3n) is 1.37. The molecule has 1 N–H and O–H groups in total. The highest BCUT2D eigenvalue weighted by atomic mass is 32.3. The predicted molar refractivity (Wildman–Crippen MR) is 42.6 cm³/mol. The first kappa shape index (κ1) is 9.91. The lowest BCUT2D eigenvalue weighted by molar-refractivity contribution is 0.0692. The van der Waals surface area contributed by atoms with E-state index in [1.165, 1.54) is 12.1 Å². The smallest absolute Gasteiger partial charge is 0.337 e. The van der Waals surface area contributed by atoms with Crippen LogP contribution in [-0.4, -0.2) is 11.1 Å². The van der Waals surface area contributed by atoms with E-state index in [0.717, 1.165) is 12.1 Å². The van der Waals surface area contributed by atoms with Gasteiger partial charge in [-0.15, -0.1) is 11.7 Å². The fourth-order valence-electron chi connectivity index (χ4n) is 0.845. The van der Waals surface area contributed by atoms with Crippen molar-refractivity contribution in [3.8, 4) is 0 Å². The molecule has 0 bridgehead atoms. The molecule has 0 heterocycles. The highest BCUT2D eigenvalue weighted by molar-refractivity contribution is 8.21. The molecule has 2 nitrogen and oxygen atoms in total. The van der Waals surface area contributed by atoms with Crippen molar-refractivity contribution in [3.63, 3.8) is 0 Å². The molecule has 0 amide bonds. The van der Waals surface area contributed by atoms with Crippen molar-refractivity contribution >= 4 is 17.2 Å². The van der Waals surface area contributed by atoms with E-state index in [9.17, 15) is 16.5 Å². The van der Waals surface area contributed by atoms with E-state index in [1.807, 2.05) is 0 Å². The fraction of sp³-hybridized carbons (Fsp3) is 0. The predicted octanol–water partition coefficient (Wildman–Crippen LogP) is 3.20. The molecule has 1 rings (SSSR count). The third-order valence-corrected chi connectivity index (χ3v) is 2.22. The summed E-state index contributed by atoms with van der Waals surface area (Å²) >= 11 is -5.46. The second kappa shape index (κ2) is 3.29. The number of aromatic carboxylic acids is 1. The monoisotopic (exact) mass is 210 g/mol. The summed E-state index contributed by atoms with van der Waals surface area (Å²) in [6, 6.07) is 4.15. The first-order valence-electron chi connectivity index (χ1n) is 3.17. The molecule has 0 radical (unpaired) electrons. The van der Waals surface area contributed by atoms with Crippen molar-refractivity contribution < 1.29 is 21.6 Å². The van der Waals surface area contributed by atoms with Crippen LogP contribution in [0.1, 0.15) is 10.4 Å². The van der Waals surface area contributed by atoms with Crippen molar-refractivity contribution in [2.45, 2.75) is 4.90 Å². The SMILES string of the molecule is O=C(O)c1ccccc1S(F)(F)F. The highest BCUT2D eigenvalue weighted by Gasteiger charge is 2.29. The molecule has 0 aliphatic carbocycles. The van der Waals surface area contributed by atoms with Crippen LogP contribution in [0.2, 0.25) is 0 Å². The van der Waals surface area contributed by atoms with Gasteiger partial charge in [0.25, 0.3) is 0 Å². The molecule has 0 saturated heterocycles. The van der Waals surface area contributed by atoms with Crippen LogP contribution in [0, 0.1) is 0 Å². The largest absolute Gasteiger partial charge is 0.478 e. The van der Waals surface area contributed by atoms with E-state index in [2.05, 4.69) is 0 Å². The zero-order valence-electron chi connectivity index (χ0n) is 6.21. The van der Waals surface area contributed by atoms with Crippen molar-refractivity contribution in [1.82, 2.24) is 0 Å². The molecule has 6 heteroatoms. The minimum atomic E-state index is -5.46. The average molecular weight is 210 g/mol. The Hall–Kier alpha value is -1.17. The number of carboxylic acid groups (broad SMARTS) is 1. The summed E-state index contributed by atoms with van der Waals surface area (Å²) in [5.41, 5.74) is -0.690. The normalized spacial score (nSPS) is 12.5. The Kier molecular flexibility index (Phi) is 2.51. The molecule has 0 saturated carbocycles. The van der Waals surface area contributed by atoms with Crippen LogP contribution in [-0.2, 0) is 0 Å². The van der Waals surface area contributed by atoms with Gasteiger partial charge in [-0.1, -0.05) is 12.1 Å². The van der Waals surface area contributed by atoms with Crippen LogP contribution in [0.4, 0.5) is 11.7 Å². The summed E-state index contributed by atoms with van der Waals surface area (Å²) in [6.45, 7) is 0. The Balaban J connectivity index is 3.28. The average Bonchev–Trinajstić information content (AvgIpc) is 2.03. The van der Waals surface area contributed by atoms with Crippen molar-refractivity contribution in [3.05, 3.63) is 29.8 Å². The summed E-state index contributed by atoms with van der Waals surface area (Å²) in [4.78, 5) is 9.34. The molecule has 1 aromatic rings. The van der Waals surface area contributed by atoms with Crippen LogP contribution < -0.4 is 0 Å². The number of rotatable bonds is 2. The molecule has 13 heavy (non-hydrogen) atoms. The van der Waals surface area contributed by atoms with Gasteiger partial charge in [0.15, 0.2) is 0 Å². The van der Waals surface area contributed by atoms with E-state index in [4.69, 9.17) is 5.11 Å². The fourth-order valence-corrected chi connectivity index (χ4v) is 1.48. The summed E-state index contributed by atoms with van der Waals surface area (Å²) in [6.07, 6.45) is 0. The number of hydrogen-bond donors (Lipinski definition) is 1. The molecule has 1 aromatic carbocycles. The summed E-state index contributed by atoms with van der Waals surface area (Å²) in [5.74, 6) is -1.56. The molecular weight excluding hydrogens is 205 g/mol. The van der Waals surface area contributed by atoms with E-state index < -0.39 is 27.6 Å². The van der Waals surface area contributed by atoms with E-state index in [-0.39, 0.29) is 0 Å². The van der Waals surface area contributed by atoms with Gasteiger partial charge in [0.2, 0.25) is 11.2 Å². The van der Waals surface area contributed by atoms with Crippen molar-refractivity contribution in [2.24, 2.45) is 0 Å². The Morgan fingerprint density at radius 1 is 1.23 bits per heavy atom. The van der Waals surface area contributed by atoms with Gasteiger partial charge in [-0.3, -0.25) is 0 Å². The van der Waals surface area contributed by atoms with Gasteiger partial charge in [-0.05, 0) is 12.1 Å². The highest BCUT2D eigenvalue weighted by Crippen LogP contribution is 2.61. The Bertz CT molecular complexity index is 335. The standard InChI is InChI=1S/C7H5F3O2S/c8-13(9,10)6-4-2-1-3-5(6)7(11)12/h1-4H,(H,11,12). The minimum absolute atomic E-state index is 0.690. The van der Waals surface area contributed by atoms with Crippen molar-refractivity contribution in [2.75, 3.05) is 0 Å². The van der Waals surface area contributed by atoms with Gasteiger partial charge in [0.1, 0.15) is 0 Å². The second-order valence-corrected chi connectivity index (χ2v) is 3.46. The number of halogens is 3. The van der Waals surface area contributed by atoms with Gasteiger partial charge in [0, 0.05) is 0 Å². The van der Waals surface area contributed by atoms with E-state index in [1.54, 1.807) is 0 Å². The molecule has 0 atom stereocenters. The molecule has 0 aromatic heterocycles. The van der Waals surface area contributed by atoms with Gasteiger partial charge in [-0.2, -0.15) is 0 Å². The third kappa shape index (κ3) is 2.15. The zero-order chi connectivity index (χ0) is 10.1. The lowest BCUT2D eigenvalue weighted by atomic mass is 10.2. The number of carboxylic acids is 1. The molecule has 0 fully saturated rings. The van der Waals surface area contributed by atoms with Crippen LogP contribution in [0.5, 0.6) is 0 Å². The van der Waals surface area contributed by atoms with Gasteiger partial charge < -0.3 is 5.11 Å². The maximum absolute atomic E-state index is 12.2. The number of benzene rings is 1. The molecule has 0 aliphatic heterocycles. The van der Waals surface area contributed by atoms with Gasteiger partial charge in [0.05, 0.1) is 10.5 Å². The topological polar surface area (TPSA) is 37.3 Å². The van der Waals surface area contributed by atoms with Crippen LogP contribution >= 0.6 is 11.2 Å². The Morgan fingerprint density at radius 2 is 1.77 bits per heavy atom. The van der Waals surface area contributed by atoms with Crippen LogP contribution in [0.3, 0.4) is 0 Å². The van der Waals surface area contributed by atoms with Crippen LogP contribution in [0.15, 0.2) is 29.2 Å². The van der Waals surface area contributed by atoms with Crippen molar-refractivity contribution in [1.29, 1.82) is 0 Å². The number of carbonyl (C=O) groups is 1. The summed E-state index contributed by atoms with van der Waals surface area (Å²) in [7, 11) is 0. The molecule has 0 unspecified atom stereocenters. The minimum Gasteiger partial charge on any atom is -0.478 e. The van der Waals surface area contributed by atoms with Gasteiger partial charge in [-0.25, -0.2) is 4.79 Å². The van der Waals surface area contributed by atoms with E-state index >= 15 is 0 Å². The summed E-state index contributed by atoms with van der Waals surface area (Å²) < 4.78 is 36.7. The number of hydrogen-bond acceptors (Lipinski definition) is 1. The maximum atomic E-state index is 12.2. The lowest BCUT2D eigenvalue weighted by Crippen LogP contribution is -2.00. The molecule has 72 valence electrons. The first-order chi connectivity index (χ1) is 5.93. The van der Waals surface area contributed by atoms with Gasteiger partial charge >= 0.3 is 5.97 Å². The maximum Gasteiger partial charge on any atom is 0.337 e. The Labute approximate surface area is 74.2 Å². The lowest BCUT2D eigenvalue weighted by Gasteiger charge is -2.11.